The maximum atomic E-state index is 15.0. The molecule has 0 saturated heterocycles. The van der Waals surface area contributed by atoms with Gasteiger partial charge in [-0.25, -0.2) is 31.1 Å². The summed E-state index contributed by atoms with van der Waals surface area (Å²) in [5, 5.41) is 0. The number of ether oxygens (including phenoxy) is 2. The van der Waals surface area contributed by atoms with E-state index in [-0.39, 0.29) is 17.7 Å². The third-order valence-electron chi connectivity index (χ3n) is 6.93. The molecule has 0 bridgehead atoms. The van der Waals surface area contributed by atoms with Crippen LogP contribution < -0.4 is 9.47 Å². The highest BCUT2D eigenvalue weighted by Crippen LogP contribution is 2.39. The number of fused-ring (bicyclic) bond motifs is 1. The Morgan fingerprint density at radius 3 is 1.93 bits per heavy atom. The summed E-state index contributed by atoms with van der Waals surface area (Å²) >= 11 is 0. The van der Waals surface area contributed by atoms with Crippen molar-refractivity contribution in [3.8, 4) is 22.6 Å². The van der Waals surface area contributed by atoms with Crippen LogP contribution in [-0.2, 0) is 19.0 Å². The van der Waals surface area contributed by atoms with Crippen LogP contribution in [0.3, 0.4) is 0 Å². The number of carbonyl (C=O) groups excluding carboxylic acids is 1. The quantitative estimate of drug-likeness (QED) is 0.120. The molecule has 43 heavy (non-hydrogen) atoms. The first kappa shape index (κ1) is 29.8. The molecule has 0 N–H and O–H groups in total. The monoisotopic (exact) mass is 604 g/mol. The highest BCUT2D eigenvalue weighted by Gasteiger charge is 2.42. The Balaban J connectivity index is 1.40. The molecular weight excluding hydrogens is 584 g/mol. The van der Waals surface area contributed by atoms with E-state index in [1.807, 2.05) is 0 Å². The molecule has 5 rings (SSSR count). The molecule has 0 aromatic heterocycles. The molecule has 11 heteroatoms. The van der Waals surface area contributed by atoms with Crippen LogP contribution in [0.5, 0.6) is 11.5 Å². The largest absolute Gasteiger partial charge is 0.432 e. The maximum Gasteiger partial charge on any atom is 0.432 e. The van der Waals surface area contributed by atoms with Gasteiger partial charge in [-0.2, -0.15) is 8.78 Å². The molecule has 0 saturated carbocycles. The Kier molecular flexibility index (Phi) is 7.76. The zero-order chi connectivity index (χ0) is 31.2. The predicted molar refractivity (Wildman–Crippen MR) is 141 cm³/mol. The van der Waals surface area contributed by atoms with E-state index in [2.05, 4.69) is 18.2 Å². The lowest BCUT2D eigenvalue weighted by molar-refractivity contribution is -0.189. The van der Waals surface area contributed by atoms with Gasteiger partial charge in [-0.05, 0) is 59.7 Å². The van der Waals surface area contributed by atoms with Crippen molar-refractivity contribution in [2.24, 2.45) is 5.92 Å². The minimum atomic E-state index is -4.80. The van der Waals surface area contributed by atoms with Crippen LogP contribution in [0.25, 0.3) is 17.2 Å². The molecule has 0 aliphatic heterocycles. The summed E-state index contributed by atoms with van der Waals surface area (Å²) in [6.45, 7) is 5.23. The van der Waals surface area contributed by atoms with Crippen molar-refractivity contribution in [2.75, 3.05) is 0 Å². The molecule has 0 fully saturated rings. The van der Waals surface area contributed by atoms with Crippen molar-refractivity contribution in [1.29, 1.82) is 0 Å². The van der Waals surface area contributed by atoms with Gasteiger partial charge in [0.1, 0.15) is 52.0 Å². The zero-order valence-corrected chi connectivity index (χ0v) is 22.2. The van der Waals surface area contributed by atoms with Crippen LogP contribution in [0.2, 0.25) is 0 Å². The fraction of sp³-hybridized carbons (Fsp3) is 0.156. The fourth-order valence-electron chi connectivity index (χ4n) is 5.03. The second-order valence-corrected chi connectivity index (χ2v) is 10.1. The van der Waals surface area contributed by atoms with Gasteiger partial charge in [-0.1, -0.05) is 25.6 Å². The number of esters is 1. The van der Waals surface area contributed by atoms with Crippen LogP contribution in [-0.4, -0.2) is 5.97 Å². The molecule has 0 heterocycles. The first-order valence-electron chi connectivity index (χ1n) is 12.8. The Labute approximate surface area is 240 Å². The van der Waals surface area contributed by atoms with Crippen molar-refractivity contribution in [3.05, 3.63) is 124 Å². The molecule has 0 amide bonds. The summed E-state index contributed by atoms with van der Waals surface area (Å²) in [6, 6.07) is 7.33. The summed E-state index contributed by atoms with van der Waals surface area (Å²) in [5.74, 6) is -11.5. The van der Waals surface area contributed by atoms with Gasteiger partial charge in [-0.15, -0.1) is 0 Å². The zero-order valence-electron chi connectivity index (χ0n) is 22.2. The molecule has 1 atom stereocenters. The van der Waals surface area contributed by atoms with E-state index >= 15 is 0 Å². The number of hydrogen-bond donors (Lipinski definition) is 0. The van der Waals surface area contributed by atoms with Gasteiger partial charge in [0.2, 0.25) is 0 Å². The number of benzene rings is 4. The third-order valence-corrected chi connectivity index (χ3v) is 6.93. The molecule has 0 radical (unpaired) electrons. The lowest BCUT2D eigenvalue weighted by Gasteiger charge is -2.20. The molecule has 0 spiro atoms. The Hall–Kier alpha value is -4.67. The number of hydrogen-bond acceptors (Lipinski definition) is 3. The molecular formula is C32H20F8O3. The summed E-state index contributed by atoms with van der Waals surface area (Å²) < 4.78 is 126. The van der Waals surface area contributed by atoms with Gasteiger partial charge >= 0.3 is 12.1 Å². The van der Waals surface area contributed by atoms with Crippen LogP contribution >= 0.6 is 0 Å². The average molecular weight is 604 g/mol. The normalized spacial score (nSPS) is 14.4. The second kappa shape index (κ2) is 11.2. The predicted octanol–water partition coefficient (Wildman–Crippen LogP) is 8.91. The summed E-state index contributed by atoms with van der Waals surface area (Å²) in [6.07, 6.45) is -2.39. The van der Waals surface area contributed by atoms with Gasteiger partial charge in [0, 0.05) is 29.8 Å². The topological polar surface area (TPSA) is 35.5 Å². The van der Waals surface area contributed by atoms with Gasteiger partial charge < -0.3 is 9.47 Å². The molecule has 1 aliphatic carbocycles. The Morgan fingerprint density at radius 1 is 0.791 bits per heavy atom. The molecule has 4 aromatic carbocycles. The summed E-state index contributed by atoms with van der Waals surface area (Å²) in [7, 11) is 0. The highest BCUT2D eigenvalue weighted by atomic mass is 19.3. The van der Waals surface area contributed by atoms with Crippen molar-refractivity contribution in [2.45, 2.75) is 25.9 Å². The standard InChI is InChI=1S/C32H20F8O3/c1-3-22-23(33)13-21(14-24(22)34)43-32(39,40)30-27(37)9-19(10-28(30)38)29-25(35)11-20(12-26(29)36)42-31(41)17-5-4-16-6-15(2)7-18(16)8-17/h3-5,8-15H,1,6-7H2,2H3. The van der Waals surface area contributed by atoms with Crippen molar-refractivity contribution in [1.82, 2.24) is 0 Å². The van der Waals surface area contributed by atoms with Gasteiger partial charge in [-0.3, -0.25) is 0 Å². The van der Waals surface area contributed by atoms with Crippen molar-refractivity contribution < 1.29 is 49.4 Å². The first-order valence-corrected chi connectivity index (χ1v) is 12.8. The van der Waals surface area contributed by atoms with Crippen LogP contribution in [0.4, 0.5) is 35.1 Å². The maximum absolute atomic E-state index is 15.0. The number of carbonyl (C=O) groups is 1. The molecule has 222 valence electrons. The van der Waals surface area contributed by atoms with Gasteiger partial charge in [0.25, 0.3) is 0 Å². The average Bonchev–Trinajstić information content (AvgIpc) is 3.26. The number of halogens is 8. The molecule has 3 nitrogen and oxygen atoms in total. The first-order chi connectivity index (χ1) is 20.3. The highest BCUT2D eigenvalue weighted by molar-refractivity contribution is 5.91. The van der Waals surface area contributed by atoms with Gasteiger partial charge in [0.05, 0.1) is 11.1 Å². The lowest BCUT2D eigenvalue weighted by Crippen LogP contribution is -2.25. The van der Waals surface area contributed by atoms with E-state index in [4.69, 9.17) is 4.74 Å². The molecule has 1 aliphatic rings. The van der Waals surface area contributed by atoms with Crippen LogP contribution in [0.15, 0.2) is 61.2 Å². The van der Waals surface area contributed by atoms with E-state index in [9.17, 15) is 39.9 Å². The van der Waals surface area contributed by atoms with E-state index in [1.54, 1.807) is 12.1 Å². The van der Waals surface area contributed by atoms with Crippen LogP contribution in [0, 0.1) is 40.8 Å². The van der Waals surface area contributed by atoms with E-state index in [1.165, 1.54) is 6.07 Å². The van der Waals surface area contributed by atoms with E-state index < -0.39 is 80.7 Å². The third kappa shape index (κ3) is 5.84. The van der Waals surface area contributed by atoms with Gasteiger partial charge in [0.15, 0.2) is 0 Å². The smallest absolute Gasteiger partial charge is 0.429 e. The fourth-order valence-corrected chi connectivity index (χ4v) is 5.03. The second-order valence-electron chi connectivity index (χ2n) is 10.1. The molecule has 1 unspecified atom stereocenters. The number of alkyl halides is 2. The summed E-state index contributed by atoms with van der Waals surface area (Å²) in [5.41, 5.74) is -2.21. The molecule has 4 aromatic rings. The minimum absolute atomic E-state index is 0.155. The van der Waals surface area contributed by atoms with Crippen LogP contribution in [0.1, 0.15) is 39.5 Å². The van der Waals surface area contributed by atoms with E-state index in [0.717, 1.165) is 30.0 Å². The Bertz CT molecular complexity index is 1710. The lowest BCUT2D eigenvalue weighted by atomic mass is 10.0. The van der Waals surface area contributed by atoms with Crippen molar-refractivity contribution in [3.63, 3.8) is 0 Å². The SMILES string of the molecule is C=Cc1c(F)cc(OC(F)(F)c2c(F)cc(-c3c(F)cc(OC(=O)c4ccc5c(c4)CC(C)C5)cc3F)cc2F)cc1F. The Morgan fingerprint density at radius 2 is 1.35 bits per heavy atom. The minimum Gasteiger partial charge on any atom is -0.429 e. The summed E-state index contributed by atoms with van der Waals surface area (Å²) in [4.78, 5) is 12.6. The number of rotatable bonds is 7. The van der Waals surface area contributed by atoms with E-state index in [0.29, 0.717) is 30.2 Å². The van der Waals surface area contributed by atoms with Crippen molar-refractivity contribution >= 4 is 12.0 Å².